The van der Waals surface area contributed by atoms with Crippen LogP contribution in [-0.2, 0) is 10.2 Å². The van der Waals surface area contributed by atoms with Crippen LogP contribution in [0.2, 0.25) is 0 Å². The van der Waals surface area contributed by atoms with E-state index in [1.165, 1.54) is 24.2 Å². The maximum atomic E-state index is 12.3. The highest BCUT2D eigenvalue weighted by Crippen LogP contribution is 2.58. The molecule has 4 heteroatoms. The fourth-order valence-corrected chi connectivity index (χ4v) is 4.28. The van der Waals surface area contributed by atoms with Gasteiger partial charge in [-0.25, -0.2) is 4.79 Å². The topological polar surface area (TPSA) is 42.4 Å². The van der Waals surface area contributed by atoms with Gasteiger partial charge in [-0.05, 0) is 64.0 Å². The van der Waals surface area contributed by atoms with Crippen LogP contribution >= 0.6 is 0 Å². The first-order chi connectivity index (χ1) is 12.0. The van der Waals surface area contributed by atoms with E-state index in [1.807, 2.05) is 25.7 Å². The molecule has 4 nitrogen and oxygen atoms in total. The van der Waals surface area contributed by atoms with E-state index in [9.17, 15) is 4.79 Å². The second-order valence-electron chi connectivity index (χ2n) is 10.1. The summed E-state index contributed by atoms with van der Waals surface area (Å²) >= 11 is 0. The van der Waals surface area contributed by atoms with Crippen molar-refractivity contribution in [2.75, 3.05) is 13.1 Å². The number of hydrogen-bond donors (Lipinski definition) is 0. The first-order valence-corrected chi connectivity index (χ1v) is 9.96. The molecule has 26 heavy (non-hydrogen) atoms. The van der Waals surface area contributed by atoms with Gasteiger partial charge >= 0.3 is 6.09 Å². The number of hydrogen-bond acceptors (Lipinski definition) is 3. The van der Waals surface area contributed by atoms with Crippen LogP contribution in [0, 0.1) is 5.41 Å². The number of piperidine rings is 1. The molecule has 2 aliphatic rings. The Hall–Kier alpha value is -1.58. The van der Waals surface area contributed by atoms with E-state index in [-0.39, 0.29) is 11.5 Å². The number of rotatable bonds is 1. The monoisotopic (exact) mass is 358 g/mol. The van der Waals surface area contributed by atoms with Crippen LogP contribution in [0.3, 0.4) is 0 Å². The summed E-state index contributed by atoms with van der Waals surface area (Å²) in [7, 11) is 0. The molecule has 0 N–H and O–H groups in total. The Kier molecular flexibility index (Phi) is 4.83. The molecule has 1 saturated carbocycles. The normalized spacial score (nSPS) is 22.8. The molecular formula is C22H34N2O2. The lowest BCUT2D eigenvalue weighted by Crippen LogP contribution is -2.50. The summed E-state index contributed by atoms with van der Waals surface area (Å²) in [4.78, 5) is 19.2. The van der Waals surface area contributed by atoms with E-state index in [4.69, 9.17) is 9.72 Å². The summed E-state index contributed by atoms with van der Waals surface area (Å²) in [5, 5.41) is 0. The Bertz CT molecular complexity index is 661. The number of pyridine rings is 1. The summed E-state index contributed by atoms with van der Waals surface area (Å²) in [5.74, 6) is 0.533. The number of amides is 1. The minimum absolute atomic E-state index is 0.0764. The van der Waals surface area contributed by atoms with Crippen LogP contribution in [0.5, 0.6) is 0 Å². The molecule has 1 atom stereocenters. The zero-order chi connectivity index (χ0) is 19.2. The van der Waals surface area contributed by atoms with Gasteiger partial charge in [0.05, 0.1) is 0 Å². The zero-order valence-electron chi connectivity index (χ0n) is 17.3. The molecule has 2 fully saturated rings. The number of carbonyl (C=O) groups is 1. The molecule has 1 aromatic heterocycles. The van der Waals surface area contributed by atoms with Crippen LogP contribution in [0.15, 0.2) is 18.2 Å². The first kappa shape index (κ1) is 19.2. The Morgan fingerprint density at radius 3 is 2.27 bits per heavy atom. The lowest BCUT2D eigenvalue weighted by molar-refractivity contribution is -0.0175. The number of aromatic nitrogens is 1. The van der Waals surface area contributed by atoms with Crippen molar-refractivity contribution < 1.29 is 9.53 Å². The zero-order valence-corrected chi connectivity index (χ0v) is 17.3. The third-order valence-corrected chi connectivity index (χ3v) is 5.98. The third-order valence-electron chi connectivity index (χ3n) is 5.98. The van der Waals surface area contributed by atoms with Gasteiger partial charge in [0.25, 0.3) is 0 Å². The Morgan fingerprint density at radius 2 is 1.77 bits per heavy atom. The Morgan fingerprint density at radius 1 is 1.12 bits per heavy atom. The highest BCUT2D eigenvalue weighted by molar-refractivity contribution is 5.68. The molecule has 1 unspecified atom stereocenters. The molecular weight excluding hydrogens is 324 g/mol. The molecule has 0 radical (unpaired) electrons. The molecule has 1 spiro atoms. The van der Waals surface area contributed by atoms with Crippen LogP contribution in [0.1, 0.15) is 84.5 Å². The van der Waals surface area contributed by atoms with Crippen molar-refractivity contribution in [3.63, 3.8) is 0 Å². The number of carbonyl (C=O) groups excluding carboxylic acids is 1. The van der Waals surface area contributed by atoms with Crippen LogP contribution in [0.4, 0.5) is 4.79 Å². The highest BCUT2D eigenvalue weighted by atomic mass is 16.6. The van der Waals surface area contributed by atoms with E-state index >= 15 is 0 Å². The summed E-state index contributed by atoms with van der Waals surface area (Å²) in [6.07, 6.45) is 4.40. The van der Waals surface area contributed by atoms with Gasteiger partial charge in [-0.3, -0.25) is 4.98 Å². The fraction of sp³-hybridized carbons (Fsp3) is 0.727. The summed E-state index contributed by atoms with van der Waals surface area (Å²) < 4.78 is 5.54. The second kappa shape index (κ2) is 6.54. The predicted molar refractivity (Wildman–Crippen MR) is 104 cm³/mol. The van der Waals surface area contributed by atoms with Gasteiger partial charge < -0.3 is 9.64 Å². The van der Waals surface area contributed by atoms with Gasteiger partial charge in [0, 0.05) is 35.8 Å². The molecule has 2 heterocycles. The minimum atomic E-state index is -0.428. The summed E-state index contributed by atoms with van der Waals surface area (Å²) in [6, 6.07) is 6.49. The van der Waals surface area contributed by atoms with E-state index in [0.717, 1.165) is 25.9 Å². The van der Waals surface area contributed by atoms with Crippen LogP contribution < -0.4 is 0 Å². The van der Waals surface area contributed by atoms with Crippen molar-refractivity contribution in [3.05, 3.63) is 29.6 Å². The SMILES string of the molecule is CC(C)(C)OC(=O)N1CCC2(CCC2c2cccc(C(C)(C)C)n2)CC1. The van der Waals surface area contributed by atoms with Crippen molar-refractivity contribution in [1.82, 2.24) is 9.88 Å². The van der Waals surface area contributed by atoms with E-state index in [2.05, 4.69) is 39.0 Å². The van der Waals surface area contributed by atoms with E-state index in [0.29, 0.717) is 11.3 Å². The van der Waals surface area contributed by atoms with E-state index in [1.54, 1.807) is 0 Å². The quantitative estimate of drug-likeness (QED) is 0.686. The molecule has 3 rings (SSSR count). The number of nitrogens with zero attached hydrogens (tertiary/aromatic N) is 2. The summed E-state index contributed by atoms with van der Waals surface area (Å²) in [5.41, 5.74) is 2.38. The van der Waals surface area contributed by atoms with Crippen LogP contribution in [0.25, 0.3) is 0 Å². The molecule has 1 saturated heterocycles. The molecule has 0 bridgehead atoms. The largest absolute Gasteiger partial charge is 0.444 e. The molecule has 144 valence electrons. The fourth-order valence-electron chi connectivity index (χ4n) is 4.28. The van der Waals surface area contributed by atoms with E-state index < -0.39 is 5.60 Å². The van der Waals surface area contributed by atoms with Crippen molar-refractivity contribution in [3.8, 4) is 0 Å². The molecule has 1 aliphatic heterocycles. The summed E-state index contributed by atoms with van der Waals surface area (Å²) in [6.45, 7) is 14.0. The van der Waals surface area contributed by atoms with Crippen molar-refractivity contribution in [1.29, 1.82) is 0 Å². The van der Waals surface area contributed by atoms with Gasteiger partial charge in [0.1, 0.15) is 5.60 Å². The van der Waals surface area contributed by atoms with Gasteiger partial charge in [0.2, 0.25) is 0 Å². The average Bonchev–Trinajstić information content (AvgIpc) is 2.52. The van der Waals surface area contributed by atoms with Gasteiger partial charge in [-0.15, -0.1) is 0 Å². The lowest BCUT2D eigenvalue weighted by Gasteiger charge is -2.53. The Balaban J connectivity index is 1.67. The van der Waals surface area contributed by atoms with Crippen molar-refractivity contribution in [2.45, 2.75) is 84.2 Å². The van der Waals surface area contributed by atoms with Gasteiger partial charge in [-0.1, -0.05) is 26.8 Å². The molecule has 0 aromatic carbocycles. The first-order valence-electron chi connectivity index (χ1n) is 9.96. The standard InChI is InChI=1S/C22H34N2O2/c1-20(2,3)18-9-7-8-17(23-18)16-10-11-22(16)12-14-24(15-13-22)19(25)26-21(4,5)6/h7-9,16H,10-15H2,1-6H3. The third kappa shape index (κ3) is 3.89. The maximum Gasteiger partial charge on any atom is 0.410 e. The minimum Gasteiger partial charge on any atom is -0.444 e. The van der Waals surface area contributed by atoms with Gasteiger partial charge in [-0.2, -0.15) is 0 Å². The molecule has 1 aromatic rings. The van der Waals surface area contributed by atoms with Crippen LogP contribution in [-0.4, -0.2) is 34.7 Å². The molecule has 1 amide bonds. The number of ether oxygens (including phenoxy) is 1. The lowest BCUT2D eigenvalue weighted by atomic mass is 9.54. The average molecular weight is 359 g/mol. The maximum absolute atomic E-state index is 12.3. The smallest absolute Gasteiger partial charge is 0.410 e. The van der Waals surface area contributed by atoms with Crippen molar-refractivity contribution >= 4 is 6.09 Å². The second-order valence-corrected chi connectivity index (χ2v) is 10.1. The van der Waals surface area contributed by atoms with Gasteiger partial charge in [0.15, 0.2) is 0 Å². The highest BCUT2D eigenvalue weighted by Gasteiger charge is 2.50. The number of likely N-dealkylation sites (tertiary alicyclic amines) is 1. The molecule has 1 aliphatic carbocycles. The Labute approximate surface area is 158 Å². The van der Waals surface area contributed by atoms with Crippen molar-refractivity contribution in [2.24, 2.45) is 5.41 Å². The predicted octanol–water partition coefficient (Wildman–Crippen LogP) is 5.27.